The van der Waals surface area contributed by atoms with Gasteiger partial charge in [0.1, 0.15) is 4.45 Å². The van der Waals surface area contributed by atoms with Crippen molar-refractivity contribution in [3.05, 3.63) is 29.8 Å². The van der Waals surface area contributed by atoms with Crippen LogP contribution in [0.2, 0.25) is 0 Å². The van der Waals surface area contributed by atoms with Gasteiger partial charge in [0.05, 0.1) is 4.32 Å². The molecule has 0 saturated heterocycles. The minimum absolute atomic E-state index is 0.0589. The summed E-state index contributed by atoms with van der Waals surface area (Å²) in [6.07, 6.45) is 0. The number of hydrogen-bond acceptors (Lipinski definition) is 1. The summed E-state index contributed by atoms with van der Waals surface area (Å²) >= 11 is 7.44. The Hall–Kier alpha value is -0.0200. The average Bonchev–Trinajstić information content (AvgIpc) is 2.20. The van der Waals surface area contributed by atoms with Gasteiger partial charge >= 0.3 is 0 Å². The summed E-state index contributed by atoms with van der Waals surface area (Å²) in [5.74, 6) is 0. The lowest BCUT2D eigenvalue weighted by molar-refractivity contribution is 0.606. The molecular weight excluding hydrogens is 294 g/mol. The molecule has 2 atom stereocenters. The Balaban J connectivity index is 2.60. The van der Waals surface area contributed by atoms with Gasteiger partial charge in [0, 0.05) is 5.69 Å². The number of benzene rings is 1. The summed E-state index contributed by atoms with van der Waals surface area (Å²) in [4.78, 5) is 0. The van der Waals surface area contributed by atoms with Gasteiger partial charge in [-0.25, -0.2) is 0 Å². The van der Waals surface area contributed by atoms with Crippen LogP contribution in [0.15, 0.2) is 24.3 Å². The minimum Gasteiger partial charge on any atom is -0.369 e. The van der Waals surface area contributed by atoms with E-state index in [1.54, 1.807) is 0 Å². The highest BCUT2D eigenvalue weighted by atomic mass is 79.9. The van der Waals surface area contributed by atoms with Crippen molar-refractivity contribution in [2.45, 2.75) is 22.6 Å². The molecule has 0 fully saturated rings. The third kappa shape index (κ3) is 1.24. The van der Waals surface area contributed by atoms with Gasteiger partial charge in [0.25, 0.3) is 0 Å². The molecule has 1 N–H and O–H groups in total. The summed E-state index contributed by atoms with van der Waals surface area (Å²) in [5, 5.41) is 3.43. The lowest BCUT2D eigenvalue weighted by Crippen LogP contribution is -2.37. The molecule has 70 valence electrons. The normalized spacial score (nSPS) is 36.9. The molecule has 2 rings (SSSR count). The first-order valence-electron chi connectivity index (χ1n) is 4.21. The molecule has 2 unspecified atom stereocenters. The number of hydrogen-bond donors (Lipinski definition) is 1. The molecule has 0 saturated carbocycles. The van der Waals surface area contributed by atoms with Crippen molar-refractivity contribution in [1.82, 2.24) is 0 Å². The SMILES string of the molecule is CC1(Br)Nc2ccccc2C1(C)Br. The summed E-state index contributed by atoms with van der Waals surface area (Å²) < 4.78 is -0.180. The van der Waals surface area contributed by atoms with E-state index in [9.17, 15) is 0 Å². The molecule has 0 radical (unpaired) electrons. The van der Waals surface area contributed by atoms with Crippen molar-refractivity contribution < 1.29 is 0 Å². The van der Waals surface area contributed by atoms with Crippen molar-refractivity contribution in [2.75, 3.05) is 5.32 Å². The van der Waals surface area contributed by atoms with Crippen LogP contribution in [0.4, 0.5) is 5.69 Å². The standard InChI is InChI=1S/C10H11Br2N/c1-9(11)7-5-3-4-6-8(7)13-10(9,2)12/h3-6,13H,1-2H3. The second-order valence-electron chi connectivity index (χ2n) is 3.68. The van der Waals surface area contributed by atoms with E-state index < -0.39 is 0 Å². The zero-order valence-electron chi connectivity index (χ0n) is 7.57. The predicted molar refractivity (Wildman–Crippen MR) is 63.7 cm³/mol. The topological polar surface area (TPSA) is 12.0 Å². The van der Waals surface area contributed by atoms with E-state index in [1.165, 1.54) is 11.3 Å². The third-order valence-electron chi connectivity index (χ3n) is 2.68. The molecule has 0 aliphatic carbocycles. The van der Waals surface area contributed by atoms with Crippen molar-refractivity contribution in [2.24, 2.45) is 0 Å². The Labute approximate surface area is 95.2 Å². The number of nitrogens with one attached hydrogen (secondary N) is 1. The fourth-order valence-electron chi connectivity index (χ4n) is 1.62. The van der Waals surface area contributed by atoms with Crippen molar-refractivity contribution in [3.8, 4) is 0 Å². The zero-order chi connectivity index (χ0) is 9.69. The number of rotatable bonds is 0. The van der Waals surface area contributed by atoms with E-state index in [4.69, 9.17) is 0 Å². The van der Waals surface area contributed by atoms with Crippen LogP contribution in [0.5, 0.6) is 0 Å². The van der Waals surface area contributed by atoms with E-state index in [0.29, 0.717) is 0 Å². The lowest BCUT2D eigenvalue weighted by atomic mass is 9.98. The largest absolute Gasteiger partial charge is 0.369 e. The van der Waals surface area contributed by atoms with Crippen molar-refractivity contribution >= 4 is 37.5 Å². The van der Waals surface area contributed by atoms with Gasteiger partial charge in [-0.15, -0.1) is 0 Å². The van der Waals surface area contributed by atoms with E-state index in [2.05, 4.69) is 69.2 Å². The molecule has 0 aromatic heterocycles. The monoisotopic (exact) mass is 303 g/mol. The van der Waals surface area contributed by atoms with Gasteiger partial charge in [-0.1, -0.05) is 50.1 Å². The van der Waals surface area contributed by atoms with Gasteiger partial charge in [0.2, 0.25) is 0 Å². The molecule has 0 bridgehead atoms. The van der Waals surface area contributed by atoms with Crippen LogP contribution < -0.4 is 5.32 Å². The molecule has 1 aliphatic rings. The maximum atomic E-state index is 3.75. The minimum atomic E-state index is -0.121. The van der Waals surface area contributed by atoms with Crippen LogP contribution >= 0.6 is 31.9 Å². The van der Waals surface area contributed by atoms with Crippen LogP contribution in [-0.2, 0) is 4.32 Å². The predicted octanol–water partition coefficient (Wildman–Crippen LogP) is 3.83. The molecule has 1 aromatic carbocycles. The number of fused-ring (bicyclic) bond motifs is 1. The lowest BCUT2D eigenvalue weighted by Gasteiger charge is -2.31. The second kappa shape index (κ2) is 2.74. The fraction of sp³-hybridized carbons (Fsp3) is 0.400. The molecule has 0 spiro atoms. The maximum Gasteiger partial charge on any atom is 0.109 e. The van der Waals surface area contributed by atoms with Gasteiger partial charge < -0.3 is 5.32 Å². The number of para-hydroxylation sites is 1. The number of halogens is 2. The van der Waals surface area contributed by atoms with Gasteiger partial charge in [-0.3, -0.25) is 0 Å². The Bertz CT molecular complexity index is 345. The Kier molecular flexibility index (Phi) is 2.01. The van der Waals surface area contributed by atoms with Crippen LogP contribution in [0.1, 0.15) is 19.4 Å². The van der Waals surface area contributed by atoms with E-state index in [1.807, 2.05) is 6.07 Å². The number of alkyl halides is 2. The highest BCUT2D eigenvalue weighted by Gasteiger charge is 2.48. The Morgan fingerprint density at radius 3 is 2.38 bits per heavy atom. The maximum absolute atomic E-state index is 3.75. The summed E-state index contributed by atoms with van der Waals surface area (Å²) in [6, 6.07) is 8.35. The van der Waals surface area contributed by atoms with Gasteiger partial charge in [0.15, 0.2) is 0 Å². The molecule has 1 heterocycles. The van der Waals surface area contributed by atoms with Crippen molar-refractivity contribution in [3.63, 3.8) is 0 Å². The summed E-state index contributed by atoms with van der Waals surface area (Å²) in [6.45, 7) is 4.29. The summed E-state index contributed by atoms with van der Waals surface area (Å²) in [5.41, 5.74) is 2.50. The zero-order valence-corrected chi connectivity index (χ0v) is 10.7. The van der Waals surface area contributed by atoms with Gasteiger partial charge in [-0.2, -0.15) is 0 Å². The molecule has 13 heavy (non-hydrogen) atoms. The fourth-order valence-corrected chi connectivity index (χ4v) is 2.50. The van der Waals surface area contributed by atoms with Crippen LogP contribution in [0.3, 0.4) is 0 Å². The highest BCUT2D eigenvalue weighted by molar-refractivity contribution is 9.12. The Morgan fingerprint density at radius 1 is 1.15 bits per heavy atom. The van der Waals surface area contributed by atoms with E-state index in [0.717, 1.165) is 0 Å². The van der Waals surface area contributed by atoms with E-state index in [-0.39, 0.29) is 8.77 Å². The van der Waals surface area contributed by atoms with E-state index >= 15 is 0 Å². The average molecular weight is 305 g/mol. The third-order valence-corrected chi connectivity index (χ3v) is 5.43. The molecule has 1 aromatic rings. The smallest absolute Gasteiger partial charge is 0.109 e. The van der Waals surface area contributed by atoms with Crippen molar-refractivity contribution in [1.29, 1.82) is 0 Å². The van der Waals surface area contributed by atoms with Crippen LogP contribution in [-0.4, -0.2) is 4.45 Å². The van der Waals surface area contributed by atoms with Gasteiger partial charge in [-0.05, 0) is 25.5 Å². The Morgan fingerprint density at radius 2 is 1.77 bits per heavy atom. The highest BCUT2D eigenvalue weighted by Crippen LogP contribution is 2.54. The summed E-state index contributed by atoms with van der Waals surface area (Å²) in [7, 11) is 0. The van der Waals surface area contributed by atoms with Crippen LogP contribution in [0, 0.1) is 0 Å². The first kappa shape index (κ1) is 9.53. The molecule has 1 nitrogen and oxygen atoms in total. The molecule has 3 heteroatoms. The quantitative estimate of drug-likeness (QED) is 0.567. The first-order chi connectivity index (χ1) is 5.95. The molecular formula is C10H11Br2N. The molecule has 1 aliphatic heterocycles. The second-order valence-corrected chi connectivity index (χ2v) is 6.85. The molecule has 0 amide bonds. The first-order valence-corrected chi connectivity index (χ1v) is 5.79. The van der Waals surface area contributed by atoms with Crippen LogP contribution in [0.25, 0.3) is 0 Å². The number of anilines is 1.